The molecule has 0 aromatic heterocycles. The standard InChI is InChI=1S/C10H14N4O3S/c1-6-4-3-5-7(18(2,16)17)8(6)13-9(11)14-10(12)15/h3-5H,1-2H3,(H5,11,12,13,14,15). The number of para-hydroxylation sites is 1. The molecule has 1 aromatic rings. The quantitative estimate of drug-likeness (QED) is 0.516. The monoisotopic (exact) mass is 270 g/mol. The first kappa shape index (κ1) is 14.0. The third-order valence-electron chi connectivity index (χ3n) is 2.08. The Kier molecular flexibility index (Phi) is 3.92. The Morgan fingerprint density at radius 1 is 1.33 bits per heavy atom. The van der Waals surface area contributed by atoms with Crippen LogP contribution in [0.25, 0.3) is 0 Å². The summed E-state index contributed by atoms with van der Waals surface area (Å²) < 4.78 is 23.2. The van der Waals surface area contributed by atoms with Crippen molar-refractivity contribution in [2.24, 2.45) is 16.5 Å². The first-order valence-corrected chi connectivity index (χ1v) is 6.81. The van der Waals surface area contributed by atoms with Gasteiger partial charge in [-0.1, -0.05) is 12.1 Å². The summed E-state index contributed by atoms with van der Waals surface area (Å²) in [4.78, 5) is 14.5. The van der Waals surface area contributed by atoms with Gasteiger partial charge in [-0.05, 0) is 18.6 Å². The summed E-state index contributed by atoms with van der Waals surface area (Å²) in [6.07, 6.45) is 1.07. The average Bonchev–Trinajstić information content (AvgIpc) is 2.18. The minimum atomic E-state index is -3.44. The molecule has 0 aliphatic rings. The van der Waals surface area contributed by atoms with Gasteiger partial charge in [-0.25, -0.2) is 18.2 Å². The third kappa shape index (κ3) is 3.45. The highest BCUT2D eigenvalue weighted by molar-refractivity contribution is 7.90. The predicted octanol–water partition coefficient (Wildman–Crippen LogP) is 0.0130. The second-order valence-corrected chi connectivity index (χ2v) is 5.66. The molecule has 2 amide bonds. The number of benzene rings is 1. The number of sulfone groups is 1. The van der Waals surface area contributed by atoms with Crippen molar-refractivity contribution in [3.8, 4) is 0 Å². The second-order valence-electron chi connectivity index (χ2n) is 3.68. The fourth-order valence-electron chi connectivity index (χ4n) is 1.35. The summed E-state index contributed by atoms with van der Waals surface area (Å²) in [6.45, 7) is 1.69. The number of carbonyl (C=O) groups excluding carboxylic acids is 1. The maximum Gasteiger partial charge on any atom is 0.318 e. The number of carbonyl (C=O) groups is 1. The molecule has 1 aromatic carbocycles. The van der Waals surface area contributed by atoms with Crippen LogP contribution in [0.2, 0.25) is 0 Å². The van der Waals surface area contributed by atoms with Crippen LogP contribution in [0.3, 0.4) is 0 Å². The molecule has 0 radical (unpaired) electrons. The van der Waals surface area contributed by atoms with E-state index in [-0.39, 0.29) is 16.5 Å². The van der Waals surface area contributed by atoms with Crippen molar-refractivity contribution in [2.45, 2.75) is 11.8 Å². The molecule has 8 heteroatoms. The minimum Gasteiger partial charge on any atom is -0.369 e. The Labute approximate surface area is 105 Å². The van der Waals surface area contributed by atoms with Crippen molar-refractivity contribution in [3.63, 3.8) is 0 Å². The summed E-state index contributed by atoms with van der Waals surface area (Å²) >= 11 is 0. The zero-order chi connectivity index (χ0) is 13.9. The lowest BCUT2D eigenvalue weighted by Crippen LogP contribution is -2.40. The van der Waals surface area contributed by atoms with E-state index in [2.05, 4.69) is 10.3 Å². The van der Waals surface area contributed by atoms with Crippen LogP contribution in [0, 0.1) is 6.92 Å². The van der Waals surface area contributed by atoms with E-state index in [0.29, 0.717) is 5.56 Å². The number of amides is 2. The van der Waals surface area contributed by atoms with Crippen LogP contribution >= 0.6 is 0 Å². The highest BCUT2D eigenvalue weighted by Gasteiger charge is 2.15. The number of hydrogen-bond donors (Lipinski definition) is 3. The molecule has 98 valence electrons. The number of hydrogen-bond acceptors (Lipinski definition) is 4. The molecular weight excluding hydrogens is 256 g/mol. The van der Waals surface area contributed by atoms with Crippen LogP contribution in [0.4, 0.5) is 10.5 Å². The van der Waals surface area contributed by atoms with E-state index < -0.39 is 15.9 Å². The van der Waals surface area contributed by atoms with E-state index in [9.17, 15) is 13.2 Å². The van der Waals surface area contributed by atoms with Gasteiger partial charge in [0, 0.05) is 6.26 Å². The Bertz CT molecular complexity index is 608. The third-order valence-corrected chi connectivity index (χ3v) is 3.21. The van der Waals surface area contributed by atoms with Crippen molar-refractivity contribution >= 4 is 27.5 Å². The van der Waals surface area contributed by atoms with Crippen LogP contribution in [0.1, 0.15) is 5.56 Å². The normalized spacial score (nSPS) is 12.2. The minimum absolute atomic E-state index is 0.0386. The second kappa shape index (κ2) is 5.05. The van der Waals surface area contributed by atoms with Gasteiger partial charge >= 0.3 is 6.03 Å². The SMILES string of the molecule is Cc1cccc(S(C)(=O)=O)c1N=C(N)NC(N)=O. The molecule has 0 atom stereocenters. The van der Waals surface area contributed by atoms with Gasteiger partial charge in [0.1, 0.15) is 0 Å². The molecule has 0 unspecified atom stereocenters. The van der Waals surface area contributed by atoms with Crippen molar-refractivity contribution in [2.75, 3.05) is 6.26 Å². The van der Waals surface area contributed by atoms with E-state index in [4.69, 9.17) is 11.5 Å². The molecule has 0 bridgehead atoms. The molecule has 0 aliphatic heterocycles. The number of nitrogens with two attached hydrogens (primary N) is 2. The Morgan fingerprint density at radius 3 is 2.44 bits per heavy atom. The lowest BCUT2D eigenvalue weighted by Gasteiger charge is -2.08. The summed E-state index contributed by atoms with van der Waals surface area (Å²) in [5.74, 6) is -0.262. The van der Waals surface area contributed by atoms with Gasteiger partial charge in [0.25, 0.3) is 0 Å². The Balaban J connectivity index is 3.36. The van der Waals surface area contributed by atoms with E-state index in [1.54, 1.807) is 19.1 Å². The smallest absolute Gasteiger partial charge is 0.318 e. The molecule has 1 rings (SSSR count). The molecule has 0 heterocycles. The van der Waals surface area contributed by atoms with Crippen LogP contribution in [-0.4, -0.2) is 26.7 Å². The Hall–Kier alpha value is -2.09. The zero-order valence-corrected chi connectivity index (χ0v) is 10.8. The average molecular weight is 270 g/mol. The van der Waals surface area contributed by atoms with Gasteiger partial charge in [-0.3, -0.25) is 5.32 Å². The number of nitrogens with zero attached hydrogens (tertiary/aromatic N) is 1. The fraction of sp³-hybridized carbons (Fsp3) is 0.200. The number of rotatable bonds is 2. The molecule has 18 heavy (non-hydrogen) atoms. The molecule has 0 saturated heterocycles. The molecule has 0 spiro atoms. The number of aryl methyl sites for hydroxylation is 1. The first-order valence-electron chi connectivity index (χ1n) is 4.92. The summed E-state index contributed by atoms with van der Waals surface area (Å²) in [7, 11) is -3.44. The molecule has 7 nitrogen and oxygen atoms in total. The number of primary amides is 1. The number of urea groups is 1. The number of guanidine groups is 1. The molecule has 5 N–H and O–H groups in total. The van der Waals surface area contributed by atoms with E-state index in [0.717, 1.165) is 6.26 Å². The molecule has 0 saturated carbocycles. The zero-order valence-electron chi connectivity index (χ0n) is 9.97. The van der Waals surface area contributed by atoms with Crippen molar-refractivity contribution in [1.82, 2.24) is 5.32 Å². The highest BCUT2D eigenvalue weighted by Crippen LogP contribution is 2.27. The molecule has 0 aliphatic carbocycles. The fourth-order valence-corrected chi connectivity index (χ4v) is 2.23. The van der Waals surface area contributed by atoms with Gasteiger partial charge < -0.3 is 11.5 Å². The summed E-state index contributed by atoms with van der Waals surface area (Å²) in [6, 6.07) is 3.83. The van der Waals surface area contributed by atoms with Crippen LogP contribution in [-0.2, 0) is 9.84 Å². The van der Waals surface area contributed by atoms with Gasteiger partial charge in [-0.15, -0.1) is 0 Å². The predicted molar refractivity (Wildman–Crippen MR) is 68.3 cm³/mol. The van der Waals surface area contributed by atoms with E-state index in [1.165, 1.54) is 6.07 Å². The Morgan fingerprint density at radius 2 is 1.94 bits per heavy atom. The maximum absolute atomic E-state index is 11.6. The largest absolute Gasteiger partial charge is 0.369 e. The highest BCUT2D eigenvalue weighted by atomic mass is 32.2. The lowest BCUT2D eigenvalue weighted by molar-refractivity contribution is 0.253. The summed E-state index contributed by atoms with van der Waals surface area (Å²) in [5.41, 5.74) is 11.1. The van der Waals surface area contributed by atoms with Crippen molar-refractivity contribution in [3.05, 3.63) is 23.8 Å². The first-order chi connectivity index (χ1) is 8.21. The van der Waals surface area contributed by atoms with E-state index >= 15 is 0 Å². The maximum atomic E-state index is 11.6. The van der Waals surface area contributed by atoms with Gasteiger partial charge in [0.05, 0.1) is 10.6 Å². The van der Waals surface area contributed by atoms with Crippen LogP contribution in [0.15, 0.2) is 28.1 Å². The molecular formula is C10H14N4O3S. The van der Waals surface area contributed by atoms with Gasteiger partial charge in [0.15, 0.2) is 9.84 Å². The van der Waals surface area contributed by atoms with Crippen molar-refractivity contribution in [1.29, 1.82) is 0 Å². The summed E-state index contributed by atoms with van der Waals surface area (Å²) in [5, 5.41) is 2.07. The number of aliphatic imine (C=N–C) groups is 1. The van der Waals surface area contributed by atoms with Gasteiger partial charge in [0.2, 0.25) is 5.96 Å². The van der Waals surface area contributed by atoms with Crippen LogP contribution < -0.4 is 16.8 Å². The van der Waals surface area contributed by atoms with E-state index in [1.807, 2.05) is 0 Å². The molecule has 0 fully saturated rings. The lowest BCUT2D eigenvalue weighted by atomic mass is 10.2. The topological polar surface area (TPSA) is 128 Å². The van der Waals surface area contributed by atoms with Crippen LogP contribution in [0.5, 0.6) is 0 Å². The number of nitrogens with one attached hydrogen (secondary N) is 1. The van der Waals surface area contributed by atoms with Gasteiger partial charge in [-0.2, -0.15) is 0 Å². The van der Waals surface area contributed by atoms with Crippen molar-refractivity contribution < 1.29 is 13.2 Å².